The summed E-state index contributed by atoms with van der Waals surface area (Å²) in [6, 6.07) is 8.35. The lowest BCUT2D eigenvalue weighted by molar-refractivity contribution is -0.0394. The highest BCUT2D eigenvalue weighted by Gasteiger charge is 2.59. The average molecular weight is 585 g/mol. The van der Waals surface area contributed by atoms with E-state index in [2.05, 4.69) is 64.0 Å². The number of hydrogen-bond acceptors (Lipinski definition) is 7. The third-order valence-electron chi connectivity index (χ3n) is 10.2. The summed E-state index contributed by atoms with van der Waals surface area (Å²) in [6.07, 6.45) is 11.4. The van der Waals surface area contributed by atoms with Gasteiger partial charge in [-0.3, -0.25) is 4.90 Å². The van der Waals surface area contributed by atoms with E-state index in [0.29, 0.717) is 0 Å². The van der Waals surface area contributed by atoms with Gasteiger partial charge < -0.3 is 19.7 Å². The molecule has 11 nitrogen and oxygen atoms in total. The first-order valence-electron chi connectivity index (χ1n) is 15.4. The molecule has 2 N–H and O–H groups in total. The van der Waals surface area contributed by atoms with Gasteiger partial charge in [0.2, 0.25) is 0 Å². The summed E-state index contributed by atoms with van der Waals surface area (Å²) in [6.45, 7) is 7.28. The molecule has 0 radical (unpaired) electrons. The molecule has 0 saturated carbocycles. The number of nitrogens with zero attached hydrogens (tertiary/aromatic N) is 7. The van der Waals surface area contributed by atoms with E-state index in [0.717, 1.165) is 90.8 Å². The van der Waals surface area contributed by atoms with Gasteiger partial charge in [0, 0.05) is 48.6 Å². The minimum Gasteiger partial charge on any atom is -0.465 e. The summed E-state index contributed by atoms with van der Waals surface area (Å²) >= 11 is 0. The topological polar surface area (TPSA) is 125 Å². The summed E-state index contributed by atoms with van der Waals surface area (Å²) in [5.74, 6) is 0.785. The van der Waals surface area contributed by atoms with Gasteiger partial charge in [-0.2, -0.15) is 5.10 Å². The number of benzene rings is 1. The molecule has 3 fully saturated rings. The highest BCUT2D eigenvalue weighted by Crippen LogP contribution is 2.54. The van der Waals surface area contributed by atoms with Gasteiger partial charge in [-0.05, 0) is 68.6 Å². The first-order chi connectivity index (χ1) is 20.7. The number of imidazole rings is 1. The van der Waals surface area contributed by atoms with Gasteiger partial charge in [0.15, 0.2) is 5.82 Å². The number of hydrogen-bond donors (Lipinski definition) is 2. The van der Waals surface area contributed by atoms with Gasteiger partial charge in [0.1, 0.15) is 6.23 Å². The summed E-state index contributed by atoms with van der Waals surface area (Å²) in [5.41, 5.74) is 4.90. The molecule has 0 aliphatic carbocycles. The minimum atomic E-state index is -0.801. The quantitative estimate of drug-likeness (QED) is 0.288. The van der Waals surface area contributed by atoms with Crippen molar-refractivity contribution in [2.75, 3.05) is 18.6 Å². The number of aromatic amines is 1. The Morgan fingerprint density at radius 3 is 2.70 bits per heavy atom. The Bertz CT molecular complexity index is 1630. The molecular weight excluding hydrogens is 544 g/mol. The van der Waals surface area contributed by atoms with Crippen LogP contribution in [0.15, 0.2) is 43.0 Å². The SMILES string of the molecule is CN(c1ccc(-c2ccc(-c3cnn(C4CCCCO4)c3)c3[nH]cnc23)nn1)[C@H]1C[C@@H]2CC[C@](C(C)(C)C)(C1)N2C(=O)O. The third kappa shape index (κ3) is 4.56. The molecular formula is C32H40N8O3. The number of H-pyrrole nitrogens is 1. The lowest BCUT2D eigenvalue weighted by Gasteiger charge is -2.54. The van der Waals surface area contributed by atoms with Crippen LogP contribution in [0.5, 0.6) is 0 Å². The van der Waals surface area contributed by atoms with Gasteiger partial charge in [0.25, 0.3) is 0 Å². The minimum absolute atomic E-state index is 0.00942. The zero-order valence-electron chi connectivity index (χ0n) is 25.3. The number of ether oxygens (including phenoxy) is 1. The smallest absolute Gasteiger partial charge is 0.408 e. The number of anilines is 1. The second-order valence-corrected chi connectivity index (χ2v) is 13.4. The van der Waals surface area contributed by atoms with Crippen LogP contribution in [0, 0.1) is 5.41 Å². The van der Waals surface area contributed by atoms with E-state index < -0.39 is 6.09 Å². The summed E-state index contributed by atoms with van der Waals surface area (Å²) in [4.78, 5) is 24.2. The Balaban J connectivity index is 1.13. The molecule has 2 bridgehead atoms. The molecule has 226 valence electrons. The number of fused-ring (bicyclic) bond motifs is 3. The third-order valence-corrected chi connectivity index (χ3v) is 10.2. The van der Waals surface area contributed by atoms with E-state index in [1.807, 2.05) is 35.3 Å². The molecule has 1 aromatic carbocycles. The number of nitrogens with one attached hydrogen (secondary N) is 1. The van der Waals surface area contributed by atoms with Crippen LogP contribution in [-0.4, -0.2) is 77.3 Å². The highest BCUT2D eigenvalue weighted by molar-refractivity contribution is 5.99. The first kappa shape index (κ1) is 27.8. The number of rotatable bonds is 5. The van der Waals surface area contributed by atoms with Crippen LogP contribution in [0.1, 0.15) is 71.9 Å². The molecule has 1 amide bonds. The molecule has 43 heavy (non-hydrogen) atoms. The maximum absolute atomic E-state index is 12.3. The van der Waals surface area contributed by atoms with Crippen molar-refractivity contribution in [2.45, 2.75) is 89.6 Å². The fourth-order valence-corrected chi connectivity index (χ4v) is 7.78. The van der Waals surface area contributed by atoms with Crippen molar-refractivity contribution >= 4 is 22.9 Å². The van der Waals surface area contributed by atoms with Crippen molar-refractivity contribution in [1.82, 2.24) is 34.8 Å². The van der Waals surface area contributed by atoms with Crippen LogP contribution < -0.4 is 4.90 Å². The van der Waals surface area contributed by atoms with Crippen molar-refractivity contribution in [3.8, 4) is 22.4 Å². The van der Waals surface area contributed by atoms with Crippen molar-refractivity contribution in [2.24, 2.45) is 5.41 Å². The predicted octanol–water partition coefficient (Wildman–Crippen LogP) is 6.11. The molecule has 1 unspecified atom stereocenters. The molecule has 11 heteroatoms. The molecule has 7 rings (SSSR count). The van der Waals surface area contributed by atoms with E-state index in [4.69, 9.17) is 4.74 Å². The second-order valence-electron chi connectivity index (χ2n) is 13.4. The number of aromatic nitrogens is 6. The van der Waals surface area contributed by atoms with Crippen LogP contribution in [0.4, 0.5) is 10.6 Å². The molecule has 6 heterocycles. The Labute approximate surface area is 251 Å². The second kappa shape index (κ2) is 10.3. The van der Waals surface area contributed by atoms with Gasteiger partial charge >= 0.3 is 6.09 Å². The fourth-order valence-electron chi connectivity index (χ4n) is 7.78. The van der Waals surface area contributed by atoms with Crippen LogP contribution in [0.25, 0.3) is 33.4 Å². The van der Waals surface area contributed by atoms with Gasteiger partial charge in [-0.15, -0.1) is 10.2 Å². The van der Waals surface area contributed by atoms with Crippen LogP contribution >= 0.6 is 0 Å². The number of piperidine rings is 1. The molecule has 3 aliphatic heterocycles. The molecule has 3 saturated heterocycles. The molecule has 0 spiro atoms. The maximum Gasteiger partial charge on any atom is 0.408 e. The zero-order valence-corrected chi connectivity index (χ0v) is 25.3. The Morgan fingerprint density at radius 1 is 1.14 bits per heavy atom. The van der Waals surface area contributed by atoms with E-state index >= 15 is 0 Å². The highest BCUT2D eigenvalue weighted by atomic mass is 16.5. The van der Waals surface area contributed by atoms with Gasteiger partial charge in [-0.25, -0.2) is 14.5 Å². The molecule has 4 aromatic rings. The van der Waals surface area contributed by atoms with Crippen LogP contribution in [0.2, 0.25) is 0 Å². The zero-order chi connectivity index (χ0) is 29.9. The van der Waals surface area contributed by atoms with Crippen LogP contribution in [-0.2, 0) is 4.74 Å². The fraction of sp³-hybridized carbons (Fsp3) is 0.531. The summed E-state index contributed by atoms with van der Waals surface area (Å²) in [7, 11) is 2.06. The predicted molar refractivity (Wildman–Crippen MR) is 164 cm³/mol. The van der Waals surface area contributed by atoms with Crippen molar-refractivity contribution in [3.05, 3.63) is 43.0 Å². The van der Waals surface area contributed by atoms with Crippen molar-refractivity contribution < 1.29 is 14.6 Å². The Morgan fingerprint density at radius 2 is 1.98 bits per heavy atom. The summed E-state index contributed by atoms with van der Waals surface area (Å²) in [5, 5.41) is 24.0. The van der Waals surface area contributed by atoms with E-state index in [1.54, 1.807) is 11.2 Å². The number of carboxylic acid groups (broad SMARTS) is 1. The van der Waals surface area contributed by atoms with E-state index in [-0.39, 0.29) is 29.3 Å². The van der Waals surface area contributed by atoms with E-state index in [9.17, 15) is 9.90 Å². The van der Waals surface area contributed by atoms with Crippen molar-refractivity contribution in [1.29, 1.82) is 0 Å². The molecule has 3 aliphatic rings. The monoisotopic (exact) mass is 584 g/mol. The molecule has 3 aromatic heterocycles. The summed E-state index contributed by atoms with van der Waals surface area (Å²) < 4.78 is 7.83. The number of carbonyl (C=O) groups is 1. The Hall–Kier alpha value is -3.99. The average Bonchev–Trinajstić information content (AvgIpc) is 3.74. The molecule has 4 atom stereocenters. The normalized spacial score (nSPS) is 25.8. The lowest BCUT2D eigenvalue weighted by atomic mass is 9.67. The standard InChI is InChI=1S/C32H40N8O3/c1-31(2,3)32-13-12-21(40(32)30(41)42)15-22(16-32)38(4)26-11-10-25(36-37-26)24-9-8-23(28-29(24)34-19-33-28)20-17-35-39(18-20)27-7-5-6-14-43-27/h8-11,17-19,21-22,27H,5-7,12-16H2,1-4H3,(H,33,34)(H,41,42)/t21-,22-,27?,32+/m0/s1. The van der Waals surface area contributed by atoms with Crippen LogP contribution in [0.3, 0.4) is 0 Å². The lowest BCUT2D eigenvalue weighted by Crippen LogP contribution is -2.64. The van der Waals surface area contributed by atoms with Gasteiger partial charge in [-0.1, -0.05) is 26.8 Å². The maximum atomic E-state index is 12.3. The van der Waals surface area contributed by atoms with E-state index in [1.165, 1.54) is 0 Å². The van der Waals surface area contributed by atoms with Crippen molar-refractivity contribution in [3.63, 3.8) is 0 Å². The Kier molecular flexibility index (Phi) is 6.68. The largest absolute Gasteiger partial charge is 0.465 e. The number of amides is 1. The first-order valence-corrected chi connectivity index (χ1v) is 15.4. The van der Waals surface area contributed by atoms with Gasteiger partial charge in [0.05, 0.1) is 34.8 Å².